The molecule has 7 heteroatoms. The van der Waals surface area contributed by atoms with Crippen molar-refractivity contribution in [1.82, 2.24) is 0 Å². The van der Waals surface area contributed by atoms with Crippen molar-refractivity contribution in [3.8, 4) is 28.4 Å². The summed E-state index contributed by atoms with van der Waals surface area (Å²) in [5.41, 5.74) is 2.91. The second-order valence-electron chi connectivity index (χ2n) is 9.41. The monoisotopic (exact) mass is 482 g/mol. The number of carbonyl (C=O) groups excluding carboxylic acids is 1. The second kappa shape index (κ2) is 8.63. The molecule has 0 amide bonds. The van der Waals surface area contributed by atoms with Crippen molar-refractivity contribution in [2.45, 2.75) is 50.8 Å². The predicted molar refractivity (Wildman–Crippen MR) is 125 cm³/mol. The minimum atomic E-state index is -4.82. The van der Waals surface area contributed by atoms with E-state index in [4.69, 9.17) is 9.47 Å². The lowest BCUT2D eigenvalue weighted by Gasteiger charge is -2.18. The van der Waals surface area contributed by atoms with Crippen LogP contribution in [0.3, 0.4) is 0 Å². The summed E-state index contributed by atoms with van der Waals surface area (Å²) < 4.78 is 54.3. The summed E-state index contributed by atoms with van der Waals surface area (Å²) >= 11 is 0. The highest BCUT2D eigenvalue weighted by Gasteiger charge is 2.50. The van der Waals surface area contributed by atoms with Crippen LogP contribution in [0.1, 0.15) is 49.3 Å². The SMILES string of the molecule is CC(C)c1ccc(-c2cc(CC(=O)C3(c4ccc5c(c4)OCO5)CC3)ccc2OC(F)(F)F)cc1. The highest BCUT2D eigenvalue weighted by molar-refractivity contribution is 5.95. The van der Waals surface area contributed by atoms with Gasteiger partial charge in [-0.2, -0.15) is 0 Å². The maximum atomic E-state index is 13.4. The standard InChI is InChI=1S/C28H25F3O4/c1-17(2)19-4-6-20(7-5-19)22-13-18(3-9-23(22)35-28(29,30)31)14-26(32)27(11-12-27)21-8-10-24-25(15-21)34-16-33-24/h3-10,13,15,17H,11-12,14,16H2,1-2H3. The summed E-state index contributed by atoms with van der Waals surface area (Å²) in [6, 6.07) is 17.4. The molecule has 1 heterocycles. The van der Waals surface area contributed by atoms with Gasteiger partial charge in [0.1, 0.15) is 11.5 Å². The number of Topliss-reactive ketones (excluding diaryl/α,β-unsaturated/α-hetero) is 1. The smallest absolute Gasteiger partial charge is 0.454 e. The summed E-state index contributed by atoms with van der Waals surface area (Å²) in [4.78, 5) is 13.4. The van der Waals surface area contributed by atoms with Crippen LogP contribution in [0.5, 0.6) is 17.2 Å². The van der Waals surface area contributed by atoms with E-state index in [0.717, 1.165) is 24.0 Å². The fourth-order valence-corrected chi connectivity index (χ4v) is 4.58. The molecule has 0 saturated heterocycles. The van der Waals surface area contributed by atoms with Crippen molar-refractivity contribution >= 4 is 5.78 Å². The first-order valence-electron chi connectivity index (χ1n) is 11.6. The molecule has 3 aromatic carbocycles. The lowest BCUT2D eigenvalue weighted by Crippen LogP contribution is -2.22. The van der Waals surface area contributed by atoms with Gasteiger partial charge in [0.2, 0.25) is 6.79 Å². The number of halogens is 3. The largest absolute Gasteiger partial charge is 0.573 e. The molecule has 0 bridgehead atoms. The fourth-order valence-electron chi connectivity index (χ4n) is 4.58. The van der Waals surface area contributed by atoms with E-state index in [2.05, 4.69) is 4.74 Å². The number of alkyl halides is 3. The summed E-state index contributed by atoms with van der Waals surface area (Å²) in [5, 5.41) is 0. The highest BCUT2D eigenvalue weighted by Crippen LogP contribution is 2.51. The Morgan fingerprint density at radius 1 is 0.971 bits per heavy atom. The Hall–Kier alpha value is -3.48. The van der Waals surface area contributed by atoms with Crippen molar-refractivity contribution in [1.29, 1.82) is 0 Å². The molecule has 182 valence electrons. The van der Waals surface area contributed by atoms with E-state index in [1.165, 1.54) is 12.1 Å². The van der Waals surface area contributed by atoms with Crippen molar-refractivity contribution in [2.24, 2.45) is 0 Å². The van der Waals surface area contributed by atoms with Crippen molar-refractivity contribution in [3.05, 3.63) is 77.4 Å². The van der Waals surface area contributed by atoms with E-state index in [1.54, 1.807) is 18.2 Å². The zero-order valence-electron chi connectivity index (χ0n) is 19.4. The Morgan fingerprint density at radius 3 is 2.34 bits per heavy atom. The Morgan fingerprint density at radius 2 is 1.69 bits per heavy atom. The van der Waals surface area contributed by atoms with E-state index in [1.807, 2.05) is 44.2 Å². The van der Waals surface area contributed by atoms with Gasteiger partial charge >= 0.3 is 6.36 Å². The zero-order chi connectivity index (χ0) is 24.8. The summed E-state index contributed by atoms with van der Waals surface area (Å²) in [5.74, 6) is 1.32. The van der Waals surface area contributed by atoms with Crippen LogP contribution in [0.4, 0.5) is 13.2 Å². The highest BCUT2D eigenvalue weighted by atomic mass is 19.4. The van der Waals surface area contributed by atoms with Crippen LogP contribution in [0, 0.1) is 0 Å². The first kappa shape index (κ1) is 23.3. The van der Waals surface area contributed by atoms with Crippen LogP contribution in [-0.4, -0.2) is 18.9 Å². The number of ether oxygens (including phenoxy) is 3. The fraction of sp³-hybridized carbons (Fsp3) is 0.321. The van der Waals surface area contributed by atoms with Crippen LogP contribution in [0.15, 0.2) is 60.7 Å². The van der Waals surface area contributed by atoms with E-state index >= 15 is 0 Å². The van der Waals surface area contributed by atoms with Crippen LogP contribution >= 0.6 is 0 Å². The topological polar surface area (TPSA) is 44.8 Å². The molecule has 35 heavy (non-hydrogen) atoms. The average Bonchev–Trinajstić information content (AvgIpc) is 3.50. The molecule has 0 radical (unpaired) electrons. The summed E-state index contributed by atoms with van der Waals surface area (Å²) in [6.45, 7) is 4.26. The molecular weight excluding hydrogens is 457 g/mol. The quantitative estimate of drug-likeness (QED) is 0.366. The average molecular weight is 482 g/mol. The molecule has 0 spiro atoms. The van der Waals surface area contributed by atoms with Gasteiger partial charge in [-0.3, -0.25) is 4.79 Å². The van der Waals surface area contributed by atoms with Gasteiger partial charge in [0, 0.05) is 12.0 Å². The van der Waals surface area contributed by atoms with E-state index < -0.39 is 11.8 Å². The number of rotatable bonds is 7. The number of carbonyl (C=O) groups is 1. The van der Waals surface area contributed by atoms with Crippen LogP contribution in [-0.2, 0) is 16.6 Å². The third kappa shape index (κ3) is 4.72. The van der Waals surface area contributed by atoms with Gasteiger partial charge in [-0.1, -0.05) is 50.2 Å². The zero-order valence-corrected chi connectivity index (χ0v) is 19.4. The summed E-state index contributed by atoms with van der Waals surface area (Å²) in [7, 11) is 0. The first-order chi connectivity index (χ1) is 16.6. The van der Waals surface area contributed by atoms with Crippen molar-refractivity contribution in [3.63, 3.8) is 0 Å². The number of hydrogen-bond donors (Lipinski definition) is 0. The maximum absolute atomic E-state index is 13.4. The Bertz CT molecular complexity index is 1260. The Labute approximate surface area is 201 Å². The lowest BCUT2D eigenvalue weighted by atomic mass is 9.87. The summed E-state index contributed by atoms with van der Waals surface area (Å²) in [6.07, 6.45) is -3.26. The third-order valence-corrected chi connectivity index (χ3v) is 6.73. The number of ketones is 1. The molecular formula is C28H25F3O4. The number of hydrogen-bond acceptors (Lipinski definition) is 4. The first-order valence-corrected chi connectivity index (χ1v) is 11.6. The molecule has 0 unspecified atom stereocenters. The predicted octanol–water partition coefficient (Wildman–Crippen LogP) is 6.95. The Balaban J connectivity index is 1.44. The van der Waals surface area contributed by atoms with Gasteiger partial charge in [0.05, 0.1) is 5.41 Å². The van der Waals surface area contributed by atoms with Gasteiger partial charge in [-0.25, -0.2) is 0 Å². The van der Waals surface area contributed by atoms with Gasteiger partial charge in [0.25, 0.3) is 0 Å². The molecule has 5 rings (SSSR count). The van der Waals surface area contributed by atoms with Crippen LogP contribution in [0.2, 0.25) is 0 Å². The van der Waals surface area contributed by atoms with E-state index in [9.17, 15) is 18.0 Å². The van der Waals surface area contributed by atoms with Crippen LogP contribution < -0.4 is 14.2 Å². The number of fused-ring (bicyclic) bond motifs is 1. The van der Waals surface area contributed by atoms with Gasteiger partial charge in [0.15, 0.2) is 11.5 Å². The molecule has 1 saturated carbocycles. The molecule has 1 fully saturated rings. The van der Waals surface area contributed by atoms with Gasteiger partial charge in [-0.05, 0) is 65.3 Å². The lowest BCUT2D eigenvalue weighted by molar-refractivity contribution is -0.274. The molecule has 0 atom stereocenters. The van der Waals surface area contributed by atoms with Crippen molar-refractivity contribution < 1.29 is 32.2 Å². The molecule has 4 nitrogen and oxygen atoms in total. The molecule has 0 aromatic heterocycles. The molecule has 1 aliphatic heterocycles. The van der Waals surface area contributed by atoms with Crippen LogP contribution in [0.25, 0.3) is 11.1 Å². The maximum Gasteiger partial charge on any atom is 0.573 e. The van der Waals surface area contributed by atoms with E-state index in [-0.39, 0.29) is 24.7 Å². The van der Waals surface area contributed by atoms with Crippen molar-refractivity contribution in [2.75, 3.05) is 6.79 Å². The molecule has 0 N–H and O–H groups in total. The minimum Gasteiger partial charge on any atom is -0.454 e. The molecule has 3 aromatic rings. The second-order valence-corrected chi connectivity index (χ2v) is 9.41. The number of benzene rings is 3. The Kier molecular flexibility index (Phi) is 5.74. The normalized spacial score (nSPS) is 15.8. The minimum absolute atomic E-state index is 0.0296. The van der Waals surface area contributed by atoms with Gasteiger partial charge < -0.3 is 14.2 Å². The molecule has 2 aliphatic rings. The van der Waals surface area contributed by atoms with E-state index in [0.29, 0.717) is 34.1 Å². The molecule has 1 aliphatic carbocycles. The third-order valence-electron chi connectivity index (χ3n) is 6.73. The van der Waals surface area contributed by atoms with Gasteiger partial charge in [-0.15, -0.1) is 13.2 Å².